The van der Waals surface area contributed by atoms with E-state index in [9.17, 15) is 0 Å². The van der Waals surface area contributed by atoms with E-state index < -0.39 is 0 Å². The van der Waals surface area contributed by atoms with Crippen LogP contribution in [0.2, 0.25) is 0 Å². The lowest BCUT2D eigenvalue weighted by Gasteiger charge is -2.07. The zero-order chi connectivity index (χ0) is 15.8. The Kier molecular flexibility index (Phi) is 3.05. The van der Waals surface area contributed by atoms with Crippen molar-refractivity contribution in [3.8, 4) is 22.6 Å². The summed E-state index contributed by atoms with van der Waals surface area (Å²) in [6.45, 7) is 1.96. The number of anilines is 1. The molecule has 112 valence electrons. The number of hydrogen-bond donors (Lipinski definition) is 1. The van der Waals surface area contributed by atoms with Crippen molar-refractivity contribution in [2.24, 2.45) is 0 Å². The first-order valence-electron chi connectivity index (χ1n) is 7.36. The number of fused-ring (bicyclic) bond motifs is 1. The third kappa shape index (κ3) is 2.32. The molecular formula is C18H15N5. The molecule has 2 aromatic carbocycles. The van der Waals surface area contributed by atoms with E-state index in [4.69, 9.17) is 10.7 Å². The number of benzene rings is 2. The zero-order valence-electron chi connectivity index (χ0n) is 12.6. The lowest BCUT2D eigenvalue weighted by atomic mass is 10.1. The first kappa shape index (κ1) is 13.5. The second kappa shape index (κ2) is 5.21. The van der Waals surface area contributed by atoms with Gasteiger partial charge >= 0.3 is 0 Å². The largest absolute Gasteiger partial charge is 0.399 e. The molecule has 5 nitrogen and oxygen atoms in total. The molecule has 2 aromatic heterocycles. The monoisotopic (exact) mass is 301 g/mol. The van der Waals surface area contributed by atoms with Gasteiger partial charge in [-0.05, 0) is 19.1 Å². The van der Waals surface area contributed by atoms with Crippen LogP contribution in [0, 0.1) is 6.92 Å². The van der Waals surface area contributed by atoms with Gasteiger partial charge in [0.1, 0.15) is 5.82 Å². The summed E-state index contributed by atoms with van der Waals surface area (Å²) in [4.78, 5) is 4.70. The van der Waals surface area contributed by atoms with E-state index >= 15 is 0 Å². The van der Waals surface area contributed by atoms with E-state index in [0.717, 1.165) is 34.1 Å². The summed E-state index contributed by atoms with van der Waals surface area (Å²) in [5.41, 5.74) is 10.2. The van der Waals surface area contributed by atoms with Crippen LogP contribution in [0.5, 0.6) is 0 Å². The fraction of sp³-hybridized carbons (Fsp3) is 0.0556. The Morgan fingerprint density at radius 3 is 2.43 bits per heavy atom. The Morgan fingerprint density at radius 2 is 1.65 bits per heavy atom. The second-order valence-electron chi connectivity index (χ2n) is 5.40. The lowest BCUT2D eigenvalue weighted by molar-refractivity contribution is 0.992. The quantitative estimate of drug-likeness (QED) is 0.576. The van der Waals surface area contributed by atoms with Crippen molar-refractivity contribution in [2.45, 2.75) is 6.92 Å². The van der Waals surface area contributed by atoms with Crippen LogP contribution >= 0.6 is 0 Å². The molecule has 23 heavy (non-hydrogen) atoms. The van der Waals surface area contributed by atoms with E-state index in [1.807, 2.05) is 72.0 Å². The van der Waals surface area contributed by atoms with Gasteiger partial charge in [0.05, 0.1) is 5.69 Å². The van der Waals surface area contributed by atoms with Crippen LogP contribution in [0.1, 0.15) is 5.82 Å². The van der Waals surface area contributed by atoms with Gasteiger partial charge in [-0.25, -0.2) is 4.98 Å². The van der Waals surface area contributed by atoms with Gasteiger partial charge in [0.15, 0.2) is 11.5 Å². The molecule has 4 aromatic rings. The fourth-order valence-electron chi connectivity index (χ4n) is 2.71. The first-order chi connectivity index (χ1) is 11.2. The number of nitrogens with two attached hydrogens (primary N) is 1. The Bertz CT molecular complexity index is 989. The number of rotatable bonds is 2. The van der Waals surface area contributed by atoms with E-state index in [0.29, 0.717) is 5.69 Å². The molecule has 0 unspecified atom stereocenters. The smallest absolute Gasteiger partial charge is 0.169 e. The van der Waals surface area contributed by atoms with E-state index in [2.05, 4.69) is 10.2 Å². The standard InChI is InChI=1S/C18H15N5/c1-12-20-16(13-6-3-2-4-7-13)11-17-21-22-18(23(12)17)14-8-5-9-15(19)10-14/h2-11H,19H2,1H3. The molecule has 0 bridgehead atoms. The van der Waals surface area contributed by atoms with Crippen LogP contribution in [-0.2, 0) is 0 Å². The lowest BCUT2D eigenvalue weighted by Crippen LogP contribution is -2.00. The third-order valence-electron chi connectivity index (χ3n) is 3.77. The minimum Gasteiger partial charge on any atom is -0.399 e. The number of hydrogen-bond acceptors (Lipinski definition) is 4. The predicted octanol–water partition coefficient (Wildman–Crippen LogP) is 3.35. The van der Waals surface area contributed by atoms with Crippen molar-refractivity contribution in [1.29, 1.82) is 0 Å². The van der Waals surface area contributed by atoms with Gasteiger partial charge in [-0.15, -0.1) is 10.2 Å². The normalized spacial score (nSPS) is 11.0. The maximum absolute atomic E-state index is 5.87. The molecule has 5 heteroatoms. The van der Waals surface area contributed by atoms with Crippen LogP contribution in [0.4, 0.5) is 5.69 Å². The minimum atomic E-state index is 0.700. The van der Waals surface area contributed by atoms with Crippen molar-refractivity contribution >= 4 is 11.3 Å². The first-order valence-corrected chi connectivity index (χ1v) is 7.36. The van der Waals surface area contributed by atoms with Gasteiger partial charge in [-0.1, -0.05) is 42.5 Å². The van der Waals surface area contributed by atoms with E-state index in [1.165, 1.54) is 0 Å². The number of nitrogen functional groups attached to an aromatic ring is 1. The zero-order valence-corrected chi connectivity index (χ0v) is 12.6. The SMILES string of the molecule is Cc1nc(-c2ccccc2)cc2nnc(-c3cccc(N)c3)n12. The van der Waals surface area contributed by atoms with Gasteiger partial charge in [0.25, 0.3) is 0 Å². The second-order valence-corrected chi connectivity index (χ2v) is 5.40. The minimum absolute atomic E-state index is 0.700. The van der Waals surface area contributed by atoms with Crippen molar-refractivity contribution in [1.82, 2.24) is 19.6 Å². The molecule has 0 saturated heterocycles. The Morgan fingerprint density at radius 1 is 0.870 bits per heavy atom. The maximum atomic E-state index is 5.87. The van der Waals surface area contributed by atoms with Crippen molar-refractivity contribution in [3.05, 3.63) is 66.5 Å². The van der Waals surface area contributed by atoms with Crippen molar-refractivity contribution in [3.63, 3.8) is 0 Å². The molecule has 0 spiro atoms. The summed E-state index contributed by atoms with van der Waals surface area (Å²) in [7, 11) is 0. The highest BCUT2D eigenvalue weighted by Gasteiger charge is 2.13. The third-order valence-corrected chi connectivity index (χ3v) is 3.77. The topological polar surface area (TPSA) is 69.1 Å². The van der Waals surface area contributed by atoms with Gasteiger partial charge in [0.2, 0.25) is 0 Å². The Balaban J connectivity index is 1.91. The number of aromatic nitrogens is 4. The van der Waals surface area contributed by atoms with Crippen molar-refractivity contribution < 1.29 is 0 Å². The van der Waals surface area contributed by atoms with Crippen LogP contribution in [0.15, 0.2) is 60.7 Å². The van der Waals surface area contributed by atoms with Crippen LogP contribution in [0.25, 0.3) is 28.3 Å². The van der Waals surface area contributed by atoms with Crippen LogP contribution in [0.3, 0.4) is 0 Å². The Hall–Kier alpha value is -3.21. The highest BCUT2D eigenvalue weighted by Crippen LogP contribution is 2.24. The van der Waals surface area contributed by atoms with Gasteiger partial charge in [0, 0.05) is 22.9 Å². The average Bonchev–Trinajstić information content (AvgIpc) is 3.00. The van der Waals surface area contributed by atoms with Gasteiger partial charge < -0.3 is 5.73 Å². The van der Waals surface area contributed by atoms with Gasteiger partial charge in [-0.2, -0.15) is 0 Å². The summed E-state index contributed by atoms with van der Waals surface area (Å²) in [5, 5.41) is 8.62. The fourth-order valence-corrected chi connectivity index (χ4v) is 2.71. The molecule has 0 fully saturated rings. The van der Waals surface area contributed by atoms with Crippen LogP contribution < -0.4 is 5.73 Å². The van der Waals surface area contributed by atoms with E-state index in [-0.39, 0.29) is 0 Å². The molecule has 0 atom stereocenters. The molecule has 2 heterocycles. The highest BCUT2D eigenvalue weighted by atomic mass is 15.3. The molecule has 4 rings (SSSR count). The summed E-state index contributed by atoms with van der Waals surface area (Å²) in [6, 6.07) is 19.6. The molecule has 0 aliphatic heterocycles. The molecule has 0 aliphatic carbocycles. The number of aryl methyl sites for hydroxylation is 1. The molecule has 0 amide bonds. The summed E-state index contributed by atoms with van der Waals surface area (Å²) >= 11 is 0. The molecule has 0 saturated carbocycles. The average molecular weight is 301 g/mol. The molecular weight excluding hydrogens is 286 g/mol. The van der Waals surface area contributed by atoms with E-state index in [1.54, 1.807) is 0 Å². The molecule has 0 radical (unpaired) electrons. The predicted molar refractivity (Wildman–Crippen MR) is 90.8 cm³/mol. The Labute approximate surface area is 133 Å². The van der Waals surface area contributed by atoms with Crippen LogP contribution in [-0.4, -0.2) is 19.6 Å². The molecule has 2 N–H and O–H groups in total. The number of nitrogens with zero attached hydrogens (tertiary/aromatic N) is 4. The summed E-state index contributed by atoms with van der Waals surface area (Å²) in [6.07, 6.45) is 0. The maximum Gasteiger partial charge on any atom is 0.169 e. The van der Waals surface area contributed by atoms with Gasteiger partial charge in [-0.3, -0.25) is 4.40 Å². The highest BCUT2D eigenvalue weighted by molar-refractivity contribution is 5.68. The van der Waals surface area contributed by atoms with Crippen molar-refractivity contribution in [2.75, 3.05) is 5.73 Å². The summed E-state index contributed by atoms with van der Waals surface area (Å²) in [5.74, 6) is 1.58. The summed E-state index contributed by atoms with van der Waals surface area (Å²) < 4.78 is 1.95. The molecule has 0 aliphatic rings.